The molecule has 0 unspecified atom stereocenters. The van der Waals surface area contributed by atoms with Crippen molar-refractivity contribution in [2.24, 2.45) is 0 Å². The predicted molar refractivity (Wildman–Crippen MR) is 152 cm³/mol. The van der Waals surface area contributed by atoms with Crippen molar-refractivity contribution in [2.75, 3.05) is 10.8 Å². The highest BCUT2D eigenvalue weighted by atomic mass is 35.5. The number of nitrogens with zero attached hydrogens (tertiary/aromatic N) is 2. The fraction of sp³-hybridized carbons (Fsp3) is 0.259. The zero-order valence-electron chi connectivity index (χ0n) is 21.1. The largest absolute Gasteiger partial charge is 0.352 e. The van der Waals surface area contributed by atoms with Crippen molar-refractivity contribution in [2.45, 2.75) is 44.3 Å². The van der Waals surface area contributed by atoms with E-state index >= 15 is 0 Å². The summed E-state index contributed by atoms with van der Waals surface area (Å²) in [6, 6.07) is 17.7. The minimum atomic E-state index is -4.17. The molecular formula is C27H28Cl3N3O4S. The number of carbonyl (C=O) groups is 2. The molecule has 11 heteroatoms. The number of para-hydroxylation sites is 1. The van der Waals surface area contributed by atoms with Gasteiger partial charge in [0.05, 0.1) is 10.6 Å². The molecule has 1 atom stereocenters. The number of anilines is 1. The third kappa shape index (κ3) is 7.41. The lowest BCUT2D eigenvalue weighted by Crippen LogP contribution is -2.52. The van der Waals surface area contributed by atoms with Crippen LogP contribution in [-0.2, 0) is 26.2 Å². The van der Waals surface area contributed by atoms with Crippen molar-refractivity contribution in [3.8, 4) is 0 Å². The molecule has 0 aliphatic carbocycles. The van der Waals surface area contributed by atoms with E-state index in [0.29, 0.717) is 26.3 Å². The molecule has 0 aliphatic heterocycles. The van der Waals surface area contributed by atoms with E-state index in [4.69, 9.17) is 34.8 Å². The average molecular weight is 597 g/mol. The molecule has 38 heavy (non-hydrogen) atoms. The van der Waals surface area contributed by atoms with Crippen molar-refractivity contribution < 1.29 is 18.0 Å². The Hall–Kier alpha value is -2.78. The molecule has 0 radical (unpaired) electrons. The molecule has 0 spiro atoms. The monoisotopic (exact) mass is 595 g/mol. The van der Waals surface area contributed by atoms with Gasteiger partial charge in [-0.2, -0.15) is 0 Å². The normalized spacial score (nSPS) is 12.2. The van der Waals surface area contributed by atoms with E-state index in [0.717, 1.165) is 4.31 Å². The van der Waals surface area contributed by atoms with Gasteiger partial charge in [-0.25, -0.2) is 8.42 Å². The lowest BCUT2D eigenvalue weighted by molar-refractivity contribution is -0.139. The number of sulfonamides is 1. The molecule has 1 N–H and O–H groups in total. The molecule has 0 bridgehead atoms. The van der Waals surface area contributed by atoms with Crippen LogP contribution < -0.4 is 9.62 Å². The summed E-state index contributed by atoms with van der Waals surface area (Å²) < 4.78 is 28.4. The summed E-state index contributed by atoms with van der Waals surface area (Å²) in [5, 5.41) is 3.92. The van der Waals surface area contributed by atoms with E-state index < -0.39 is 28.5 Å². The first kappa shape index (κ1) is 29.8. The predicted octanol–water partition coefficient (Wildman–Crippen LogP) is 5.78. The number of hydrogen-bond acceptors (Lipinski definition) is 4. The first-order valence-corrected chi connectivity index (χ1v) is 14.3. The van der Waals surface area contributed by atoms with E-state index in [1.165, 1.54) is 29.2 Å². The van der Waals surface area contributed by atoms with Gasteiger partial charge in [0.25, 0.3) is 10.0 Å². The van der Waals surface area contributed by atoms with E-state index in [2.05, 4.69) is 5.32 Å². The maximum Gasteiger partial charge on any atom is 0.264 e. The molecule has 2 amide bonds. The van der Waals surface area contributed by atoms with Crippen molar-refractivity contribution in [3.63, 3.8) is 0 Å². The van der Waals surface area contributed by atoms with E-state index in [9.17, 15) is 18.0 Å². The van der Waals surface area contributed by atoms with Gasteiger partial charge >= 0.3 is 0 Å². The highest BCUT2D eigenvalue weighted by molar-refractivity contribution is 7.92. The maximum atomic E-state index is 13.8. The van der Waals surface area contributed by atoms with Gasteiger partial charge < -0.3 is 10.2 Å². The number of rotatable bonds is 10. The number of halogens is 3. The van der Waals surface area contributed by atoms with Gasteiger partial charge in [0, 0.05) is 27.7 Å². The molecular weight excluding hydrogens is 569 g/mol. The molecule has 0 aliphatic rings. The second-order valence-electron chi connectivity index (χ2n) is 8.90. The Morgan fingerprint density at radius 2 is 1.47 bits per heavy atom. The number of carbonyl (C=O) groups excluding carboxylic acids is 2. The molecule has 3 rings (SSSR count). The standard InChI is InChI=1S/C27H28Cl3N3O4S/c1-18(2)31-27(35)19(3)32(16-20-9-10-22(29)15-25(20)30)26(34)17-33(23-7-5-4-6-8-23)38(36,37)24-13-11-21(28)12-14-24/h4-15,18-19H,16-17H2,1-3H3,(H,31,35)/t19-/m1/s1. The first-order chi connectivity index (χ1) is 17.9. The van der Waals surface area contributed by atoms with Crippen molar-refractivity contribution in [1.82, 2.24) is 10.2 Å². The Balaban J connectivity index is 2.02. The van der Waals surface area contributed by atoms with Crippen LogP contribution >= 0.6 is 34.8 Å². The zero-order valence-corrected chi connectivity index (χ0v) is 24.2. The maximum absolute atomic E-state index is 13.8. The van der Waals surface area contributed by atoms with Gasteiger partial charge in [-0.1, -0.05) is 59.1 Å². The molecule has 0 fully saturated rings. The van der Waals surface area contributed by atoms with Gasteiger partial charge in [0.15, 0.2) is 0 Å². The van der Waals surface area contributed by atoms with E-state index in [-0.39, 0.29) is 23.4 Å². The zero-order chi connectivity index (χ0) is 28.0. The van der Waals surface area contributed by atoms with Gasteiger partial charge in [0.2, 0.25) is 11.8 Å². The fourth-order valence-electron chi connectivity index (χ4n) is 3.68. The van der Waals surface area contributed by atoms with E-state index in [1.807, 2.05) is 13.8 Å². The smallest absolute Gasteiger partial charge is 0.264 e. The summed E-state index contributed by atoms with van der Waals surface area (Å²) in [6.07, 6.45) is 0. The van der Waals surface area contributed by atoms with Gasteiger partial charge in [-0.05, 0) is 74.9 Å². The summed E-state index contributed by atoms with van der Waals surface area (Å²) in [6.45, 7) is 4.61. The van der Waals surface area contributed by atoms with Gasteiger partial charge in [-0.3, -0.25) is 13.9 Å². The Labute approximate surface area is 238 Å². The second-order valence-corrected chi connectivity index (χ2v) is 12.0. The lowest BCUT2D eigenvalue weighted by Gasteiger charge is -2.32. The van der Waals surface area contributed by atoms with Crippen LogP contribution in [0, 0.1) is 0 Å². The molecule has 7 nitrogen and oxygen atoms in total. The summed E-state index contributed by atoms with van der Waals surface area (Å²) in [4.78, 5) is 28.0. The molecule has 0 heterocycles. The van der Waals surface area contributed by atoms with Crippen LogP contribution in [0.25, 0.3) is 0 Å². The number of hydrogen-bond donors (Lipinski definition) is 1. The van der Waals surface area contributed by atoms with Crippen LogP contribution in [0.5, 0.6) is 0 Å². The molecule has 0 saturated carbocycles. The minimum absolute atomic E-state index is 0.0311. The van der Waals surface area contributed by atoms with Gasteiger partial charge in [0.1, 0.15) is 12.6 Å². The molecule has 3 aromatic carbocycles. The number of nitrogens with one attached hydrogen (secondary N) is 1. The highest BCUT2D eigenvalue weighted by Gasteiger charge is 2.33. The summed E-state index contributed by atoms with van der Waals surface area (Å²) in [7, 11) is -4.17. The quantitative estimate of drug-likeness (QED) is 0.321. The third-order valence-electron chi connectivity index (χ3n) is 5.68. The fourth-order valence-corrected chi connectivity index (χ4v) is 5.69. The Morgan fingerprint density at radius 3 is 2.05 bits per heavy atom. The topological polar surface area (TPSA) is 86.8 Å². The molecule has 0 saturated heterocycles. The summed E-state index contributed by atoms with van der Waals surface area (Å²) in [5.41, 5.74) is 0.847. The third-order valence-corrected chi connectivity index (χ3v) is 8.31. The number of amides is 2. The lowest BCUT2D eigenvalue weighted by atomic mass is 10.1. The molecule has 0 aromatic heterocycles. The van der Waals surface area contributed by atoms with Crippen molar-refractivity contribution in [1.29, 1.82) is 0 Å². The first-order valence-electron chi connectivity index (χ1n) is 11.8. The van der Waals surface area contributed by atoms with Crippen LogP contribution in [-0.4, -0.2) is 43.8 Å². The molecule has 202 valence electrons. The van der Waals surface area contributed by atoms with Crippen LogP contribution in [0.4, 0.5) is 5.69 Å². The van der Waals surface area contributed by atoms with Crippen LogP contribution in [0.1, 0.15) is 26.3 Å². The highest BCUT2D eigenvalue weighted by Crippen LogP contribution is 2.27. The van der Waals surface area contributed by atoms with Crippen LogP contribution in [0.15, 0.2) is 77.7 Å². The van der Waals surface area contributed by atoms with Crippen molar-refractivity contribution in [3.05, 3.63) is 93.4 Å². The van der Waals surface area contributed by atoms with Crippen molar-refractivity contribution >= 4 is 62.3 Å². The van der Waals surface area contributed by atoms with Crippen LogP contribution in [0.3, 0.4) is 0 Å². The Kier molecular flexibility index (Phi) is 10.1. The minimum Gasteiger partial charge on any atom is -0.352 e. The second kappa shape index (κ2) is 12.8. The summed E-state index contributed by atoms with van der Waals surface area (Å²) in [5.74, 6) is -0.978. The average Bonchev–Trinajstić information content (AvgIpc) is 2.86. The van der Waals surface area contributed by atoms with E-state index in [1.54, 1.807) is 55.5 Å². The molecule has 3 aromatic rings. The summed E-state index contributed by atoms with van der Waals surface area (Å²) >= 11 is 18.4. The van der Waals surface area contributed by atoms with Gasteiger partial charge in [-0.15, -0.1) is 0 Å². The SMILES string of the molecule is CC(C)NC(=O)[C@@H](C)N(Cc1ccc(Cl)cc1Cl)C(=O)CN(c1ccccc1)S(=O)(=O)c1ccc(Cl)cc1. The Bertz CT molecular complexity index is 1380. The van der Waals surface area contributed by atoms with Crippen LogP contribution in [0.2, 0.25) is 15.1 Å². The number of benzene rings is 3. The Morgan fingerprint density at radius 1 is 0.868 bits per heavy atom.